The van der Waals surface area contributed by atoms with Crippen LogP contribution in [0.15, 0.2) is 22.8 Å². The summed E-state index contributed by atoms with van der Waals surface area (Å²) in [7, 11) is 0. The van der Waals surface area contributed by atoms with Crippen molar-refractivity contribution in [1.29, 1.82) is 0 Å². The predicted octanol–water partition coefficient (Wildman–Crippen LogP) is 2.84. The Labute approximate surface area is 93.2 Å². The predicted molar refractivity (Wildman–Crippen MR) is 53.7 cm³/mol. The van der Waals surface area contributed by atoms with E-state index < -0.39 is 12.1 Å². The zero-order chi connectivity index (χ0) is 11.1. The maximum atomic E-state index is 12.2. The quantitative estimate of drug-likeness (QED) is 0.787. The third-order valence-corrected chi connectivity index (χ3v) is 2.85. The van der Waals surface area contributed by atoms with Gasteiger partial charge in [0.2, 0.25) is 0 Å². The zero-order valence-corrected chi connectivity index (χ0v) is 9.22. The molecule has 0 saturated carbocycles. The lowest BCUT2D eigenvalue weighted by atomic mass is 10.00. The van der Waals surface area contributed by atoms with Crippen molar-refractivity contribution in [3.63, 3.8) is 0 Å². The molecule has 1 fully saturated rings. The van der Waals surface area contributed by atoms with E-state index in [1.807, 2.05) is 0 Å². The van der Waals surface area contributed by atoms with Crippen LogP contribution in [-0.4, -0.2) is 24.2 Å². The van der Waals surface area contributed by atoms with Crippen LogP contribution in [0.3, 0.4) is 0 Å². The molecule has 0 spiro atoms. The van der Waals surface area contributed by atoms with Crippen molar-refractivity contribution in [2.45, 2.75) is 6.18 Å². The molecule has 2 nitrogen and oxygen atoms in total. The maximum Gasteiger partial charge on any atom is 0.395 e. The second-order valence-electron chi connectivity index (χ2n) is 3.48. The Bertz CT molecular complexity index is 343. The highest BCUT2D eigenvalue weighted by atomic mass is 79.9. The molecule has 0 radical (unpaired) electrons. The molecule has 1 aliphatic rings. The molecule has 0 atom stereocenters. The Hall–Kier alpha value is -0.780. The highest BCUT2D eigenvalue weighted by molar-refractivity contribution is 9.10. The molecule has 0 aliphatic carbocycles. The average Bonchev–Trinajstić information content (AvgIpc) is 2.03. The molecule has 15 heavy (non-hydrogen) atoms. The van der Waals surface area contributed by atoms with Crippen LogP contribution in [0.1, 0.15) is 0 Å². The Morgan fingerprint density at radius 2 is 2.00 bits per heavy atom. The second kappa shape index (κ2) is 3.66. The summed E-state index contributed by atoms with van der Waals surface area (Å²) in [5, 5.41) is 0. The van der Waals surface area contributed by atoms with Gasteiger partial charge in [0.15, 0.2) is 0 Å². The fourth-order valence-electron chi connectivity index (χ4n) is 1.43. The first-order valence-electron chi connectivity index (χ1n) is 4.40. The number of hydrogen-bond donors (Lipinski definition) is 0. The Morgan fingerprint density at radius 1 is 1.33 bits per heavy atom. The summed E-state index contributed by atoms with van der Waals surface area (Å²) in [4.78, 5) is 5.64. The highest BCUT2D eigenvalue weighted by Gasteiger charge is 2.47. The molecule has 1 aromatic rings. The van der Waals surface area contributed by atoms with Gasteiger partial charge in [0, 0.05) is 23.8 Å². The molecule has 6 heteroatoms. The smallest absolute Gasteiger partial charge is 0.355 e. The fourth-order valence-corrected chi connectivity index (χ4v) is 1.66. The van der Waals surface area contributed by atoms with E-state index in [9.17, 15) is 13.2 Å². The summed E-state index contributed by atoms with van der Waals surface area (Å²) >= 11 is 3.22. The first kappa shape index (κ1) is 10.7. The van der Waals surface area contributed by atoms with E-state index in [0.717, 1.165) is 4.47 Å². The monoisotopic (exact) mass is 280 g/mol. The van der Waals surface area contributed by atoms with Gasteiger partial charge in [0.25, 0.3) is 0 Å². The standard InChI is InChI=1S/C9H8BrF3N2/c10-7-1-2-8(14-3-7)15-4-6(5-15)9(11,12)13/h1-3,6H,4-5H2. The van der Waals surface area contributed by atoms with Gasteiger partial charge in [-0.2, -0.15) is 13.2 Å². The second-order valence-corrected chi connectivity index (χ2v) is 4.39. The summed E-state index contributed by atoms with van der Waals surface area (Å²) < 4.78 is 37.4. The summed E-state index contributed by atoms with van der Waals surface area (Å²) in [5.74, 6) is -0.610. The van der Waals surface area contributed by atoms with E-state index in [-0.39, 0.29) is 13.1 Å². The molecule has 0 unspecified atom stereocenters. The topological polar surface area (TPSA) is 16.1 Å². The van der Waals surface area contributed by atoms with Crippen molar-refractivity contribution < 1.29 is 13.2 Å². The number of aromatic nitrogens is 1. The van der Waals surface area contributed by atoms with E-state index >= 15 is 0 Å². The van der Waals surface area contributed by atoms with Crippen molar-refractivity contribution >= 4 is 21.7 Å². The van der Waals surface area contributed by atoms with Gasteiger partial charge in [-0.25, -0.2) is 4.98 Å². The van der Waals surface area contributed by atoms with Gasteiger partial charge < -0.3 is 4.90 Å². The number of nitrogens with zero attached hydrogens (tertiary/aromatic N) is 2. The summed E-state index contributed by atoms with van der Waals surface area (Å²) in [5.41, 5.74) is 0. The van der Waals surface area contributed by atoms with Gasteiger partial charge in [0.05, 0.1) is 5.92 Å². The van der Waals surface area contributed by atoms with Crippen LogP contribution in [-0.2, 0) is 0 Å². The third-order valence-electron chi connectivity index (χ3n) is 2.38. The molecule has 0 bridgehead atoms. The van der Waals surface area contributed by atoms with Gasteiger partial charge in [-0.05, 0) is 28.1 Å². The first-order valence-corrected chi connectivity index (χ1v) is 5.19. The van der Waals surface area contributed by atoms with Gasteiger partial charge in [-0.1, -0.05) is 0 Å². The van der Waals surface area contributed by atoms with E-state index in [1.165, 1.54) is 0 Å². The van der Waals surface area contributed by atoms with Gasteiger partial charge in [0.1, 0.15) is 5.82 Å². The third kappa shape index (κ3) is 2.25. The van der Waals surface area contributed by atoms with Gasteiger partial charge in [-0.3, -0.25) is 0 Å². The van der Waals surface area contributed by atoms with Crippen LogP contribution in [0.5, 0.6) is 0 Å². The molecule has 82 valence electrons. The minimum Gasteiger partial charge on any atom is -0.355 e. The molecule has 2 heterocycles. The molecule has 0 aromatic carbocycles. The van der Waals surface area contributed by atoms with Crippen LogP contribution < -0.4 is 4.90 Å². The first-order chi connectivity index (χ1) is 6.97. The molecule has 0 N–H and O–H groups in total. The van der Waals surface area contributed by atoms with Gasteiger partial charge >= 0.3 is 6.18 Å². The van der Waals surface area contributed by atoms with Crippen molar-refractivity contribution in [3.8, 4) is 0 Å². The lowest BCUT2D eigenvalue weighted by Crippen LogP contribution is -2.53. The lowest BCUT2D eigenvalue weighted by Gasteiger charge is -2.40. The zero-order valence-electron chi connectivity index (χ0n) is 7.63. The fraction of sp³-hybridized carbons (Fsp3) is 0.444. The average molecular weight is 281 g/mol. The number of rotatable bonds is 1. The molecule has 1 aliphatic heterocycles. The highest BCUT2D eigenvalue weighted by Crippen LogP contribution is 2.35. The van der Waals surface area contributed by atoms with E-state index in [4.69, 9.17) is 0 Å². The van der Waals surface area contributed by atoms with Crippen LogP contribution in [0, 0.1) is 5.92 Å². The minimum atomic E-state index is -4.08. The molecule has 1 saturated heterocycles. The molecular formula is C9H8BrF3N2. The number of hydrogen-bond acceptors (Lipinski definition) is 2. The summed E-state index contributed by atoms with van der Waals surface area (Å²) in [6, 6.07) is 3.47. The SMILES string of the molecule is FC(F)(F)C1CN(c2ccc(Br)cn2)C1. The number of halogens is 4. The summed E-state index contributed by atoms with van der Waals surface area (Å²) in [6.45, 7) is 0.0241. The Balaban J connectivity index is 1.98. The number of anilines is 1. The van der Waals surface area contributed by atoms with Crippen molar-refractivity contribution in [3.05, 3.63) is 22.8 Å². The molecule has 1 aromatic heterocycles. The van der Waals surface area contributed by atoms with E-state index in [2.05, 4.69) is 20.9 Å². The van der Waals surface area contributed by atoms with Crippen molar-refractivity contribution in [2.75, 3.05) is 18.0 Å². The van der Waals surface area contributed by atoms with Crippen molar-refractivity contribution in [2.24, 2.45) is 5.92 Å². The van der Waals surface area contributed by atoms with Crippen LogP contribution >= 0.6 is 15.9 Å². The summed E-state index contributed by atoms with van der Waals surface area (Å²) in [6.07, 6.45) is -2.50. The van der Waals surface area contributed by atoms with E-state index in [1.54, 1.807) is 23.2 Å². The van der Waals surface area contributed by atoms with Crippen molar-refractivity contribution in [1.82, 2.24) is 4.98 Å². The van der Waals surface area contributed by atoms with Crippen LogP contribution in [0.2, 0.25) is 0 Å². The number of pyridine rings is 1. The molecule has 2 rings (SSSR count). The number of alkyl halides is 3. The van der Waals surface area contributed by atoms with Crippen LogP contribution in [0.25, 0.3) is 0 Å². The Kier molecular flexibility index (Phi) is 2.62. The van der Waals surface area contributed by atoms with E-state index in [0.29, 0.717) is 5.82 Å². The lowest BCUT2D eigenvalue weighted by molar-refractivity contribution is -0.180. The maximum absolute atomic E-state index is 12.2. The minimum absolute atomic E-state index is 0.0120. The van der Waals surface area contributed by atoms with Crippen LogP contribution in [0.4, 0.5) is 19.0 Å². The largest absolute Gasteiger partial charge is 0.395 e. The normalized spacial score (nSPS) is 17.7. The molecule has 0 amide bonds. The Morgan fingerprint density at radius 3 is 2.47 bits per heavy atom. The molecular weight excluding hydrogens is 273 g/mol. The van der Waals surface area contributed by atoms with Gasteiger partial charge in [-0.15, -0.1) is 0 Å².